The van der Waals surface area contributed by atoms with Gasteiger partial charge >= 0.3 is 0 Å². The van der Waals surface area contributed by atoms with Crippen molar-refractivity contribution in [2.75, 3.05) is 4.90 Å². The highest BCUT2D eigenvalue weighted by molar-refractivity contribution is 5.51. The SMILES string of the molecule is Cc1cc(CNC(C)C)cnc1N1C2CCC1CC(O)C2. The van der Waals surface area contributed by atoms with Gasteiger partial charge in [0.15, 0.2) is 0 Å². The van der Waals surface area contributed by atoms with Gasteiger partial charge in [-0.3, -0.25) is 0 Å². The molecular formula is C17H27N3O. The molecule has 0 saturated carbocycles. The number of aliphatic hydroxyl groups is 1. The molecule has 3 rings (SSSR count). The van der Waals surface area contributed by atoms with Gasteiger partial charge in [0.1, 0.15) is 5.82 Å². The van der Waals surface area contributed by atoms with Crippen LogP contribution in [-0.4, -0.2) is 34.3 Å². The van der Waals surface area contributed by atoms with E-state index in [1.165, 1.54) is 24.0 Å². The van der Waals surface area contributed by atoms with Crippen molar-refractivity contribution in [1.29, 1.82) is 0 Å². The number of aryl methyl sites for hydroxylation is 1. The van der Waals surface area contributed by atoms with E-state index >= 15 is 0 Å². The number of hydrogen-bond acceptors (Lipinski definition) is 4. The van der Waals surface area contributed by atoms with Crippen LogP contribution in [0.4, 0.5) is 5.82 Å². The molecule has 2 unspecified atom stereocenters. The Bertz CT molecular complexity index is 489. The Morgan fingerprint density at radius 1 is 1.33 bits per heavy atom. The van der Waals surface area contributed by atoms with E-state index in [1.54, 1.807) is 0 Å². The second-order valence-corrected chi connectivity index (χ2v) is 6.94. The fraction of sp³-hybridized carbons (Fsp3) is 0.706. The maximum atomic E-state index is 9.93. The maximum Gasteiger partial charge on any atom is 0.131 e. The summed E-state index contributed by atoms with van der Waals surface area (Å²) in [5.74, 6) is 1.13. The van der Waals surface area contributed by atoms with E-state index in [0.29, 0.717) is 18.1 Å². The highest BCUT2D eigenvalue weighted by atomic mass is 16.3. The molecule has 1 aromatic heterocycles. The number of anilines is 1. The van der Waals surface area contributed by atoms with Gasteiger partial charge in [0.2, 0.25) is 0 Å². The van der Waals surface area contributed by atoms with Crippen molar-refractivity contribution in [3.63, 3.8) is 0 Å². The maximum absolute atomic E-state index is 9.93. The van der Waals surface area contributed by atoms with Gasteiger partial charge < -0.3 is 15.3 Å². The fourth-order valence-corrected chi connectivity index (χ4v) is 3.81. The fourth-order valence-electron chi connectivity index (χ4n) is 3.81. The van der Waals surface area contributed by atoms with Crippen molar-refractivity contribution in [2.24, 2.45) is 0 Å². The van der Waals surface area contributed by atoms with Gasteiger partial charge in [0.05, 0.1) is 6.10 Å². The summed E-state index contributed by atoms with van der Waals surface area (Å²) in [6, 6.07) is 3.70. The summed E-state index contributed by atoms with van der Waals surface area (Å²) in [7, 11) is 0. The molecule has 2 N–H and O–H groups in total. The van der Waals surface area contributed by atoms with Gasteiger partial charge in [-0.1, -0.05) is 13.8 Å². The second kappa shape index (κ2) is 5.93. The molecule has 2 saturated heterocycles. The number of nitrogens with zero attached hydrogens (tertiary/aromatic N) is 2. The molecule has 0 aromatic carbocycles. The minimum atomic E-state index is -0.117. The van der Waals surface area contributed by atoms with Crippen LogP contribution in [0.3, 0.4) is 0 Å². The molecule has 2 aliphatic rings. The molecule has 116 valence electrons. The predicted molar refractivity (Wildman–Crippen MR) is 85.5 cm³/mol. The quantitative estimate of drug-likeness (QED) is 0.893. The van der Waals surface area contributed by atoms with Crippen LogP contribution in [0.25, 0.3) is 0 Å². The molecule has 1 aromatic rings. The normalized spacial score (nSPS) is 28.4. The molecular weight excluding hydrogens is 262 g/mol. The molecule has 0 radical (unpaired) electrons. The second-order valence-electron chi connectivity index (χ2n) is 6.94. The summed E-state index contributed by atoms with van der Waals surface area (Å²) < 4.78 is 0. The molecule has 2 fully saturated rings. The van der Waals surface area contributed by atoms with Crippen molar-refractivity contribution >= 4 is 5.82 Å². The van der Waals surface area contributed by atoms with Crippen LogP contribution in [0, 0.1) is 6.92 Å². The lowest BCUT2D eigenvalue weighted by Gasteiger charge is -2.38. The average molecular weight is 289 g/mol. The van der Waals surface area contributed by atoms with Crippen molar-refractivity contribution in [3.05, 3.63) is 23.4 Å². The first kappa shape index (κ1) is 14.8. The van der Waals surface area contributed by atoms with Crippen LogP contribution in [0.2, 0.25) is 0 Å². The topological polar surface area (TPSA) is 48.4 Å². The summed E-state index contributed by atoms with van der Waals surface area (Å²) in [6.07, 6.45) is 6.07. The van der Waals surface area contributed by atoms with Gasteiger partial charge in [0.25, 0.3) is 0 Å². The van der Waals surface area contributed by atoms with E-state index in [2.05, 4.69) is 37.1 Å². The zero-order valence-electron chi connectivity index (χ0n) is 13.3. The number of nitrogens with one attached hydrogen (secondary N) is 1. The third kappa shape index (κ3) is 3.06. The number of rotatable bonds is 4. The number of hydrogen-bond donors (Lipinski definition) is 2. The molecule has 0 spiro atoms. The molecule has 2 bridgehead atoms. The zero-order chi connectivity index (χ0) is 15.0. The van der Waals surface area contributed by atoms with E-state index in [0.717, 1.165) is 25.2 Å². The van der Waals surface area contributed by atoms with Gasteiger partial charge in [-0.15, -0.1) is 0 Å². The summed E-state index contributed by atoms with van der Waals surface area (Å²) in [4.78, 5) is 7.22. The standard InChI is InChI=1S/C17H27N3O/c1-11(2)18-9-13-6-12(3)17(19-10-13)20-14-4-5-15(20)8-16(21)7-14/h6,10-11,14-16,18,21H,4-5,7-9H2,1-3H3. The van der Waals surface area contributed by atoms with Crippen molar-refractivity contribution in [1.82, 2.24) is 10.3 Å². The molecule has 2 aliphatic heterocycles. The summed E-state index contributed by atoms with van der Waals surface area (Å²) in [6.45, 7) is 7.35. The molecule has 0 aliphatic carbocycles. The Balaban J connectivity index is 1.77. The zero-order valence-corrected chi connectivity index (χ0v) is 13.3. The number of aromatic nitrogens is 1. The molecule has 0 amide bonds. The molecule has 4 heteroatoms. The smallest absolute Gasteiger partial charge is 0.131 e. The highest BCUT2D eigenvalue weighted by Gasteiger charge is 2.41. The van der Waals surface area contributed by atoms with E-state index in [1.807, 2.05) is 6.20 Å². The minimum Gasteiger partial charge on any atom is -0.393 e. The van der Waals surface area contributed by atoms with Crippen LogP contribution in [0.5, 0.6) is 0 Å². The number of fused-ring (bicyclic) bond motifs is 2. The van der Waals surface area contributed by atoms with Crippen LogP contribution >= 0.6 is 0 Å². The van der Waals surface area contributed by atoms with Gasteiger partial charge in [-0.25, -0.2) is 4.98 Å². The molecule has 3 heterocycles. The van der Waals surface area contributed by atoms with Gasteiger partial charge in [0, 0.05) is 30.9 Å². The lowest BCUT2D eigenvalue weighted by Crippen LogP contribution is -2.45. The molecule has 4 nitrogen and oxygen atoms in total. The Kier molecular flexibility index (Phi) is 4.18. The third-order valence-corrected chi connectivity index (χ3v) is 4.77. The Morgan fingerprint density at radius 2 is 2.00 bits per heavy atom. The van der Waals surface area contributed by atoms with E-state index < -0.39 is 0 Å². The monoisotopic (exact) mass is 289 g/mol. The summed E-state index contributed by atoms with van der Waals surface area (Å²) >= 11 is 0. The van der Waals surface area contributed by atoms with Gasteiger partial charge in [-0.2, -0.15) is 0 Å². The lowest BCUT2D eigenvalue weighted by molar-refractivity contribution is 0.126. The Hall–Kier alpha value is -1.13. The van der Waals surface area contributed by atoms with Crippen LogP contribution in [0.15, 0.2) is 12.3 Å². The number of pyridine rings is 1. The average Bonchev–Trinajstić information content (AvgIpc) is 2.68. The van der Waals surface area contributed by atoms with E-state index in [9.17, 15) is 5.11 Å². The van der Waals surface area contributed by atoms with Crippen LogP contribution in [-0.2, 0) is 6.54 Å². The van der Waals surface area contributed by atoms with Crippen molar-refractivity contribution in [3.8, 4) is 0 Å². The molecule has 2 atom stereocenters. The summed E-state index contributed by atoms with van der Waals surface area (Å²) in [5, 5.41) is 13.4. The third-order valence-electron chi connectivity index (χ3n) is 4.77. The highest BCUT2D eigenvalue weighted by Crippen LogP contribution is 2.39. The molecule has 21 heavy (non-hydrogen) atoms. The van der Waals surface area contributed by atoms with Crippen molar-refractivity contribution < 1.29 is 5.11 Å². The van der Waals surface area contributed by atoms with Gasteiger partial charge in [-0.05, 0) is 49.8 Å². The largest absolute Gasteiger partial charge is 0.393 e. The van der Waals surface area contributed by atoms with E-state index in [4.69, 9.17) is 4.98 Å². The van der Waals surface area contributed by atoms with E-state index in [-0.39, 0.29) is 6.10 Å². The minimum absolute atomic E-state index is 0.117. The van der Waals surface area contributed by atoms with Crippen LogP contribution in [0.1, 0.15) is 50.7 Å². The van der Waals surface area contributed by atoms with Crippen LogP contribution < -0.4 is 10.2 Å². The first-order chi connectivity index (χ1) is 10.0. The summed E-state index contributed by atoms with van der Waals surface area (Å²) in [5.41, 5.74) is 2.50. The first-order valence-electron chi connectivity index (χ1n) is 8.20. The number of piperidine rings is 1. The predicted octanol–water partition coefficient (Wildman–Crippen LogP) is 2.38. The van der Waals surface area contributed by atoms with Crippen molar-refractivity contribution in [2.45, 2.75) is 77.2 Å². The Labute approximate surface area is 127 Å². The lowest BCUT2D eigenvalue weighted by atomic mass is 9.99. The number of aliphatic hydroxyl groups excluding tert-OH is 1. The first-order valence-corrected chi connectivity index (χ1v) is 8.20. The Morgan fingerprint density at radius 3 is 2.57 bits per heavy atom.